The lowest BCUT2D eigenvalue weighted by molar-refractivity contribution is -0.125. The van der Waals surface area contributed by atoms with E-state index in [-0.39, 0.29) is 11.9 Å². The number of anilines is 1. The minimum atomic E-state index is -0.0152. The summed E-state index contributed by atoms with van der Waals surface area (Å²) in [5, 5.41) is 3.20. The number of carbonyl (C=O) groups is 2. The molecule has 4 nitrogen and oxygen atoms in total. The molecule has 0 aromatic heterocycles. The largest absolute Gasteiger partial charge is 0.309 e. The van der Waals surface area contributed by atoms with Gasteiger partial charge in [0.05, 0.1) is 6.04 Å². The lowest BCUT2D eigenvalue weighted by atomic mass is 9.90. The molecule has 1 aromatic rings. The summed E-state index contributed by atoms with van der Waals surface area (Å²) in [5.74, 6) is 0.116. The van der Waals surface area contributed by atoms with Gasteiger partial charge < -0.3 is 10.2 Å². The maximum absolute atomic E-state index is 11.9. The number of benzene rings is 1. The molecule has 3 saturated heterocycles. The molecule has 4 heteroatoms. The Hall–Kier alpha value is -1.68. The summed E-state index contributed by atoms with van der Waals surface area (Å²) in [7, 11) is 0. The summed E-state index contributed by atoms with van der Waals surface area (Å²) >= 11 is 0. The molecule has 3 heterocycles. The Labute approximate surface area is 93.2 Å². The van der Waals surface area contributed by atoms with E-state index >= 15 is 0 Å². The zero-order valence-corrected chi connectivity index (χ0v) is 8.72. The van der Waals surface area contributed by atoms with Gasteiger partial charge in [0.2, 0.25) is 5.91 Å². The van der Waals surface area contributed by atoms with Crippen LogP contribution < -0.4 is 10.2 Å². The molecule has 4 rings (SSSR count). The van der Waals surface area contributed by atoms with Gasteiger partial charge in [-0.25, -0.2) is 0 Å². The van der Waals surface area contributed by atoms with Gasteiger partial charge >= 0.3 is 0 Å². The highest BCUT2D eigenvalue weighted by Crippen LogP contribution is 2.27. The Morgan fingerprint density at radius 1 is 1.44 bits per heavy atom. The first-order valence-corrected chi connectivity index (χ1v) is 5.40. The molecular formula is C12H12N2O2. The quantitative estimate of drug-likeness (QED) is 0.735. The molecule has 0 aliphatic carbocycles. The molecule has 2 bridgehead atoms. The molecule has 2 unspecified atom stereocenters. The van der Waals surface area contributed by atoms with Crippen molar-refractivity contribution in [3.05, 3.63) is 29.8 Å². The number of rotatable bonds is 2. The van der Waals surface area contributed by atoms with E-state index in [0.717, 1.165) is 18.4 Å². The van der Waals surface area contributed by atoms with Gasteiger partial charge in [-0.1, -0.05) is 12.1 Å². The third-order valence-electron chi connectivity index (χ3n) is 3.24. The second-order valence-corrected chi connectivity index (χ2v) is 4.31. The first-order chi connectivity index (χ1) is 7.78. The highest BCUT2D eigenvalue weighted by molar-refractivity contribution is 6.00. The number of piperidine rings is 1. The minimum absolute atomic E-state index is 0.0152. The van der Waals surface area contributed by atoms with Gasteiger partial charge in [0, 0.05) is 23.8 Å². The van der Waals surface area contributed by atoms with Crippen molar-refractivity contribution in [1.29, 1.82) is 0 Å². The van der Waals surface area contributed by atoms with Crippen molar-refractivity contribution in [3.8, 4) is 0 Å². The van der Waals surface area contributed by atoms with Crippen LogP contribution in [0.15, 0.2) is 24.3 Å². The van der Waals surface area contributed by atoms with Crippen LogP contribution in [0.1, 0.15) is 16.8 Å². The van der Waals surface area contributed by atoms with Crippen LogP contribution in [0.4, 0.5) is 5.69 Å². The van der Waals surface area contributed by atoms with Gasteiger partial charge in [0.15, 0.2) is 0 Å². The number of carbonyl (C=O) groups excluding carboxylic acids is 2. The highest BCUT2D eigenvalue weighted by atomic mass is 16.2. The maximum Gasteiger partial charge on any atom is 0.244 e. The minimum Gasteiger partial charge on any atom is -0.309 e. The monoisotopic (exact) mass is 216 g/mol. The fourth-order valence-electron chi connectivity index (χ4n) is 2.34. The van der Waals surface area contributed by atoms with E-state index in [1.165, 1.54) is 0 Å². The van der Waals surface area contributed by atoms with Crippen LogP contribution in [0.5, 0.6) is 0 Å². The van der Waals surface area contributed by atoms with Crippen LogP contribution in [-0.4, -0.2) is 30.8 Å². The van der Waals surface area contributed by atoms with E-state index < -0.39 is 0 Å². The standard InChI is InChI=1S/C12H12N2O2/c15-7-8-2-1-3-10(4-8)14-6-9-5-11(13-9)12(14)16/h1-4,7,9,11,13H,5-6H2. The molecular weight excluding hydrogens is 204 g/mol. The molecule has 0 spiro atoms. The molecule has 0 saturated carbocycles. The van der Waals surface area contributed by atoms with Crippen LogP contribution in [0, 0.1) is 0 Å². The number of nitrogens with zero attached hydrogens (tertiary/aromatic N) is 1. The molecule has 16 heavy (non-hydrogen) atoms. The molecule has 1 aromatic carbocycles. The van der Waals surface area contributed by atoms with Crippen molar-refractivity contribution in [3.63, 3.8) is 0 Å². The summed E-state index contributed by atoms with van der Waals surface area (Å²) in [6.45, 7) is 0.706. The Kier molecular flexibility index (Phi) is 2.04. The second-order valence-electron chi connectivity index (χ2n) is 4.31. The molecule has 1 amide bonds. The average molecular weight is 216 g/mol. The van der Waals surface area contributed by atoms with Crippen molar-refractivity contribution in [2.75, 3.05) is 11.4 Å². The zero-order chi connectivity index (χ0) is 11.1. The SMILES string of the molecule is O=Cc1cccc(N2CC3CC(N3)C2=O)c1. The van der Waals surface area contributed by atoms with Gasteiger partial charge in [-0.2, -0.15) is 0 Å². The topological polar surface area (TPSA) is 49.4 Å². The summed E-state index contributed by atoms with van der Waals surface area (Å²) in [6.07, 6.45) is 1.75. The van der Waals surface area contributed by atoms with Crippen molar-refractivity contribution in [2.24, 2.45) is 0 Å². The molecule has 3 fully saturated rings. The van der Waals surface area contributed by atoms with Crippen molar-refractivity contribution < 1.29 is 9.59 Å². The van der Waals surface area contributed by atoms with Crippen LogP contribution >= 0.6 is 0 Å². The second kappa shape index (κ2) is 3.42. The third-order valence-corrected chi connectivity index (χ3v) is 3.24. The van der Waals surface area contributed by atoms with Gasteiger partial charge in [0.1, 0.15) is 6.29 Å². The molecule has 3 aliphatic rings. The smallest absolute Gasteiger partial charge is 0.244 e. The molecule has 3 aliphatic heterocycles. The van der Waals surface area contributed by atoms with Gasteiger partial charge in [-0.3, -0.25) is 9.59 Å². The fraction of sp³-hybridized carbons (Fsp3) is 0.333. The summed E-state index contributed by atoms with van der Waals surface area (Å²) in [6, 6.07) is 7.58. The first kappa shape index (κ1) is 9.54. The lowest BCUT2D eigenvalue weighted by Gasteiger charge is -2.47. The first-order valence-electron chi connectivity index (χ1n) is 5.40. The number of piperazine rings is 1. The van der Waals surface area contributed by atoms with E-state index in [1.807, 2.05) is 6.07 Å². The van der Waals surface area contributed by atoms with Gasteiger partial charge in [-0.15, -0.1) is 0 Å². The van der Waals surface area contributed by atoms with Crippen LogP contribution in [0.25, 0.3) is 0 Å². The summed E-state index contributed by atoms with van der Waals surface area (Å²) in [5.41, 5.74) is 1.43. The van der Waals surface area contributed by atoms with Crippen molar-refractivity contribution >= 4 is 17.9 Å². The summed E-state index contributed by atoms with van der Waals surface area (Å²) in [4.78, 5) is 24.4. The maximum atomic E-state index is 11.9. The highest BCUT2D eigenvalue weighted by Gasteiger charge is 2.43. The van der Waals surface area contributed by atoms with E-state index in [0.29, 0.717) is 18.2 Å². The van der Waals surface area contributed by atoms with Crippen molar-refractivity contribution in [1.82, 2.24) is 5.32 Å². The van der Waals surface area contributed by atoms with Crippen molar-refractivity contribution in [2.45, 2.75) is 18.5 Å². The Balaban J connectivity index is 1.91. The van der Waals surface area contributed by atoms with E-state index in [9.17, 15) is 9.59 Å². The normalized spacial score (nSPS) is 27.5. The number of nitrogens with one attached hydrogen (secondary N) is 1. The molecule has 82 valence electrons. The fourth-order valence-corrected chi connectivity index (χ4v) is 2.34. The number of amides is 1. The summed E-state index contributed by atoms with van der Waals surface area (Å²) < 4.78 is 0. The molecule has 1 N–H and O–H groups in total. The third kappa shape index (κ3) is 1.34. The van der Waals surface area contributed by atoms with E-state index in [2.05, 4.69) is 5.32 Å². The van der Waals surface area contributed by atoms with Crippen LogP contribution in [-0.2, 0) is 4.79 Å². The van der Waals surface area contributed by atoms with Crippen LogP contribution in [0.3, 0.4) is 0 Å². The Morgan fingerprint density at radius 3 is 2.94 bits per heavy atom. The predicted octanol–water partition coefficient (Wildman–Crippen LogP) is 0.576. The number of hydrogen-bond donors (Lipinski definition) is 1. The van der Waals surface area contributed by atoms with Gasteiger partial charge in [-0.05, 0) is 18.6 Å². The predicted molar refractivity (Wildman–Crippen MR) is 59.5 cm³/mol. The van der Waals surface area contributed by atoms with E-state index in [4.69, 9.17) is 0 Å². The average Bonchev–Trinajstić information content (AvgIpc) is 2.28. The Bertz CT molecular complexity index is 452. The zero-order valence-electron chi connectivity index (χ0n) is 8.72. The van der Waals surface area contributed by atoms with Gasteiger partial charge in [0.25, 0.3) is 0 Å². The molecule has 2 atom stereocenters. The lowest BCUT2D eigenvalue weighted by Crippen LogP contribution is -2.70. The van der Waals surface area contributed by atoms with E-state index in [1.54, 1.807) is 23.1 Å². The van der Waals surface area contributed by atoms with Crippen LogP contribution in [0.2, 0.25) is 0 Å². The number of hydrogen-bond acceptors (Lipinski definition) is 3. The Morgan fingerprint density at radius 2 is 2.25 bits per heavy atom. The number of fused-ring (bicyclic) bond motifs is 2. The number of aldehydes is 1. The molecule has 0 radical (unpaired) electrons.